The molecule has 8 heteroatoms. The van der Waals surface area contributed by atoms with Gasteiger partial charge in [-0.2, -0.15) is 0 Å². The first-order valence-corrected chi connectivity index (χ1v) is 13.1. The van der Waals surface area contributed by atoms with Crippen molar-refractivity contribution >= 4 is 17.7 Å². The molecule has 3 heterocycles. The number of hydrogen-bond donors (Lipinski definition) is 1. The Bertz CT molecular complexity index is 910. The number of nitrogens with zero attached hydrogens (tertiary/aromatic N) is 3. The van der Waals surface area contributed by atoms with Crippen molar-refractivity contribution in [2.75, 3.05) is 45.9 Å². The second-order valence-electron chi connectivity index (χ2n) is 10.5. The lowest BCUT2D eigenvalue weighted by Crippen LogP contribution is -2.54. The first kappa shape index (κ1) is 25.6. The van der Waals surface area contributed by atoms with Crippen LogP contribution in [0.15, 0.2) is 35.5 Å². The number of nitrogens with one attached hydrogen (secondary N) is 1. The van der Waals surface area contributed by atoms with Gasteiger partial charge in [0.05, 0.1) is 25.3 Å². The van der Waals surface area contributed by atoms with E-state index < -0.39 is 0 Å². The zero-order valence-corrected chi connectivity index (χ0v) is 21.5. The summed E-state index contributed by atoms with van der Waals surface area (Å²) < 4.78 is 5.36. The fraction of sp³-hybridized carbons (Fsp3) is 0.667. The second kappa shape index (κ2) is 11.1. The Balaban J connectivity index is 1.30. The molecule has 4 rings (SSSR count). The molecule has 4 aliphatic rings. The number of ether oxygens (including phenoxy) is 1. The Labute approximate surface area is 209 Å². The van der Waals surface area contributed by atoms with Crippen LogP contribution in [-0.4, -0.2) is 96.5 Å². The fourth-order valence-electron chi connectivity index (χ4n) is 5.67. The SMILES string of the molecule is CC1=CC=CC2C1C=C(C(=O)NCC1CCN(C(C)C(=O)N3CCOCC3)CC1)C(=O)N2C(C)C. The van der Waals surface area contributed by atoms with Gasteiger partial charge in [-0.15, -0.1) is 0 Å². The van der Waals surface area contributed by atoms with Gasteiger partial charge in [0.2, 0.25) is 5.91 Å². The summed E-state index contributed by atoms with van der Waals surface area (Å²) in [6, 6.07) is -0.159. The van der Waals surface area contributed by atoms with Crippen LogP contribution >= 0.6 is 0 Å². The second-order valence-corrected chi connectivity index (χ2v) is 10.5. The van der Waals surface area contributed by atoms with Crippen LogP contribution in [0.4, 0.5) is 0 Å². The summed E-state index contributed by atoms with van der Waals surface area (Å²) in [7, 11) is 0. The van der Waals surface area contributed by atoms with Gasteiger partial charge in [-0.1, -0.05) is 29.9 Å². The van der Waals surface area contributed by atoms with Gasteiger partial charge in [0.25, 0.3) is 11.8 Å². The monoisotopic (exact) mass is 484 g/mol. The molecule has 0 saturated carbocycles. The summed E-state index contributed by atoms with van der Waals surface area (Å²) in [5.74, 6) is 0.0868. The molecule has 2 fully saturated rings. The topological polar surface area (TPSA) is 82.2 Å². The lowest BCUT2D eigenvalue weighted by molar-refractivity contribution is -0.141. The number of fused-ring (bicyclic) bond motifs is 1. The van der Waals surface area contributed by atoms with Gasteiger partial charge in [-0.05, 0) is 59.5 Å². The minimum atomic E-state index is -0.278. The summed E-state index contributed by atoms with van der Waals surface area (Å²) in [5, 5.41) is 3.04. The van der Waals surface area contributed by atoms with Gasteiger partial charge >= 0.3 is 0 Å². The van der Waals surface area contributed by atoms with Crippen LogP contribution in [-0.2, 0) is 19.1 Å². The van der Waals surface area contributed by atoms with Gasteiger partial charge < -0.3 is 19.9 Å². The van der Waals surface area contributed by atoms with Crippen LogP contribution in [0.5, 0.6) is 0 Å². The molecular formula is C27H40N4O4. The number of carbonyl (C=O) groups excluding carboxylic acids is 3. The maximum absolute atomic E-state index is 13.2. The Kier molecular flexibility index (Phi) is 8.12. The van der Waals surface area contributed by atoms with Crippen LogP contribution in [0, 0.1) is 11.8 Å². The van der Waals surface area contributed by atoms with Crippen molar-refractivity contribution in [3.05, 3.63) is 35.5 Å². The first-order chi connectivity index (χ1) is 16.8. The molecule has 3 unspecified atom stereocenters. The molecule has 0 aromatic carbocycles. The van der Waals surface area contributed by atoms with Crippen molar-refractivity contribution in [1.29, 1.82) is 0 Å². The fourth-order valence-corrected chi connectivity index (χ4v) is 5.67. The van der Waals surface area contributed by atoms with Crippen molar-refractivity contribution < 1.29 is 19.1 Å². The van der Waals surface area contributed by atoms with Crippen molar-refractivity contribution in [3.63, 3.8) is 0 Å². The molecule has 35 heavy (non-hydrogen) atoms. The minimum absolute atomic E-state index is 0.00791. The Morgan fingerprint density at radius 3 is 2.46 bits per heavy atom. The standard InChI is InChI=1S/C27H40N4O4/c1-18(2)31-24-7-5-6-19(3)22(24)16-23(27(31)34)25(32)28-17-21-8-10-29(11-9-21)20(4)26(33)30-12-14-35-15-13-30/h5-7,16,18,20-22,24H,8-15,17H2,1-4H3,(H,28,32). The zero-order valence-electron chi connectivity index (χ0n) is 21.5. The van der Waals surface area contributed by atoms with Gasteiger partial charge in [0.1, 0.15) is 5.57 Å². The number of carbonyl (C=O) groups is 3. The number of likely N-dealkylation sites (tertiary alicyclic amines) is 1. The van der Waals surface area contributed by atoms with E-state index in [4.69, 9.17) is 4.74 Å². The van der Waals surface area contributed by atoms with E-state index in [1.165, 1.54) is 0 Å². The van der Waals surface area contributed by atoms with Crippen molar-refractivity contribution in [2.24, 2.45) is 11.8 Å². The number of hydrogen-bond acceptors (Lipinski definition) is 5. The molecule has 3 amide bonds. The quantitative estimate of drug-likeness (QED) is 0.581. The van der Waals surface area contributed by atoms with Crippen LogP contribution in [0.1, 0.15) is 40.5 Å². The predicted octanol–water partition coefficient (Wildman–Crippen LogP) is 1.74. The van der Waals surface area contributed by atoms with Crippen LogP contribution in [0.3, 0.4) is 0 Å². The number of piperidine rings is 1. The molecule has 1 aliphatic carbocycles. The minimum Gasteiger partial charge on any atom is -0.378 e. The van der Waals surface area contributed by atoms with Crippen molar-refractivity contribution in [3.8, 4) is 0 Å². The van der Waals surface area contributed by atoms with E-state index in [9.17, 15) is 14.4 Å². The molecule has 0 aromatic rings. The highest BCUT2D eigenvalue weighted by molar-refractivity contribution is 6.19. The van der Waals surface area contributed by atoms with Gasteiger partial charge in [-0.25, -0.2) is 0 Å². The predicted molar refractivity (Wildman–Crippen MR) is 134 cm³/mol. The average molecular weight is 485 g/mol. The Morgan fingerprint density at radius 2 is 1.80 bits per heavy atom. The normalized spacial score (nSPS) is 26.8. The molecule has 192 valence electrons. The molecular weight excluding hydrogens is 444 g/mol. The largest absolute Gasteiger partial charge is 0.378 e. The number of allylic oxidation sites excluding steroid dienone is 2. The van der Waals surface area contributed by atoms with Crippen molar-refractivity contribution in [1.82, 2.24) is 20.0 Å². The maximum Gasteiger partial charge on any atom is 0.259 e. The molecule has 1 N–H and O–H groups in total. The van der Waals surface area contributed by atoms with E-state index in [-0.39, 0.29) is 47.3 Å². The maximum atomic E-state index is 13.2. The summed E-state index contributed by atoms with van der Waals surface area (Å²) in [5.41, 5.74) is 1.42. The third-order valence-electron chi connectivity index (χ3n) is 7.92. The molecule has 0 bridgehead atoms. The van der Waals surface area contributed by atoms with Crippen LogP contribution in [0.25, 0.3) is 0 Å². The van der Waals surface area contributed by atoms with E-state index in [0.717, 1.165) is 31.5 Å². The first-order valence-electron chi connectivity index (χ1n) is 13.1. The van der Waals surface area contributed by atoms with Gasteiger partial charge in [-0.3, -0.25) is 19.3 Å². The van der Waals surface area contributed by atoms with Crippen LogP contribution in [0.2, 0.25) is 0 Å². The third kappa shape index (κ3) is 5.54. The summed E-state index contributed by atoms with van der Waals surface area (Å²) in [4.78, 5) is 45.1. The molecule has 8 nitrogen and oxygen atoms in total. The highest BCUT2D eigenvalue weighted by atomic mass is 16.5. The molecule has 3 atom stereocenters. The smallest absolute Gasteiger partial charge is 0.259 e. The van der Waals surface area contributed by atoms with E-state index >= 15 is 0 Å². The Hall–Kier alpha value is -2.45. The van der Waals surface area contributed by atoms with E-state index in [1.807, 2.05) is 42.7 Å². The molecule has 0 radical (unpaired) electrons. The van der Waals surface area contributed by atoms with Gasteiger partial charge in [0.15, 0.2) is 0 Å². The number of rotatable bonds is 6. The summed E-state index contributed by atoms with van der Waals surface area (Å²) in [6.07, 6.45) is 9.81. The lowest BCUT2D eigenvalue weighted by atomic mass is 9.81. The van der Waals surface area contributed by atoms with Gasteiger partial charge in [0, 0.05) is 31.6 Å². The van der Waals surface area contributed by atoms with E-state index in [1.54, 1.807) is 0 Å². The number of amides is 3. The zero-order chi connectivity index (χ0) is 25.1. The molecule has 0 spiro atoms. The Morgan fingerprint density at radius 1 is 1.11 bits per heavy atom. The lowest BCUT2D eigenvalue weighted by Gasteiger charge is -2.42. The summed E-state index contributed by atoms with van der Waals surface area (Å²) >= 11 is 0. The molecule has 2 saturated heterocycles. The third-order valence-corrected chi connectivity index (χ3v) is 7.92. The number of morpholine rings is 1. The molecule has 0 aromatic heterocycles. The highest BCUT2D eigenvalue weighted by Crippen LogP contribution is 2.33. The van der Waals surface area contributed by atoms with Crippen LogP contribution < -0.4 is 5.32 Å². The summed E-state index contributed by atoms with van der Waals surface area (Å²) in [6.45, 7) is 12.8. The van der Waals surface area contributed by atoms with E-state index in [0.29, 0.717) is 38.8 Å². The molecule has 3 aliphatic heterocycles. The van der Waals surface area contributed by atoms with Crippen molar-refractivity contribution in [2.45, 2.75) is 58.7 Å². The highest BCUT2D eigenvalue weighted by Gasteiger charge is 2.40. The van der Waals surface area contributed by atoms with E-state index in [2.05, 4.69) is 29.3 Å². The average Bonchev–Trinajstić information content (AvgIpc) is 2.87.